The van der Waals surface area contributed by atoms with E-state index in [0.29, 0.717) is 37.9 Å². The molecule has 1 saturated heterocycles. The van der Waals surface area contributed by atoms with Crippen LogP contribution in [0.15, 0.2) is 4.99 Å². The minimum absolute atomic E-state index is 0.159. The van der Waals surface area contributed by atoms with Crippen molar-refractivity contribution in [1.82, 2.24) is 20.4 Å². The van der Waals surface area contributed by atoms with Gasteiger partial charge in [-0.05, 0) is 39.3 Å². The Balaban J connectivity index is 1.65. The lowest BCUT2D eigenvalue weighted by atomic mass is 9.88. The van der Waals surface area contributed by atoms with E-state index in [1.165, 1.54) is 18.4 Å². The summed E-state index contributed by atoms with van der Waals surface area (Å²) in [6.07, 6.45) is 2.88. The molecule has 0 bridgehead atoms. The normalized spacial score (nSPS) is 22.0. The predicted molar refractivity (Wildman–Crippen MR) is 104 cm³/mol. The number of carbonyl (C=O) groups is 1. The summed E-state index contributed by atoms with van der Waals surface area (Å²) < 4.78 is 37.0. The van der Waals surface area contributed by atoms with Gasteiger partial charge in [0.25, 0.3) is 0 Å². The molecular weight excluding hydrogens is 371 g/mol. The molecule has 9 heteroatoms. The van der Waals surface area contributed by atoms with Gasteiger partial charge in [0, 0.05) is 38.6 Å². The van der Waals surface area contributed by atoms with Gasteiger partial charge < -0.3 is 15.5 Å². The molecule has 0 spiro atoms. The second kappa shape index (κ2) is 10.9. The lowest BCUT2D eigenvalue weighted by Gasteiger charge is -2.26. The Hall–Kier alpha value is -1.51. The largest absolute Gasteiger partial charge is 0.401 e. The molecule has 1 amide bonds. The molecule has 1 unspecified atom stereocenters. The maximum absolute atomic E-state index is 12.6. The predicted octanol–water partition coefficient (Wildman–Crippen LogP) is 2.22. The van der Waals surface area contributed by atoms with E-state index in [9.17, 15) is 18.0 Å². The van der Waals surface area contributed by atoms with Crippen molar-refractivity contribution in [2.45, 2.75) is 57.2 Å². The summed E-state index contributed by atoms with van der Waals surface area (Å²) >= 11 is 0. The van der Waals surface area contributed by atoms with E-state index in [1.807, 2.05) is 4.90 Å². The van der Waals surface area contributed by atoms with Crippen molar-refractivity contribution in [3.63, 3.8) is 0 Å². The number of hydrogen-bond acceptors (Lipinski definition) is 3. The van der Waals surface area contributed by atoms with E-state index >= 15 is 0 Å². The summed E-state index contributed by atoms with van der Waals surface area (Å²) in [4.78, 5) is 20.1. The lowest BCUT2D eigenvalue weighted by Crippen LogP contribution is -2.46. The highest BCUT2D eigenvalue weighted by Gasteiger charge is 2.32. The van der Waals surface area contributed by atoms with E-state index < -0.39 is 12.7 Å². The first-order valence-electron chi connectivity index (χ1n) is 10.3. The molecule has 1 saturated carbocycles. The summed E-state index contributed by atoms with van der Waals surface area (Å²) in [6.45, 7) is 1.46. The number of hydrogen-bond donors (Lipinski definition) is 2. The molecule has 2 rings (SSSR count). The van der Waals surface area contributed by atoms with Gasteiger partial charge in [-0.1, -0.05) is 19.3 Å². The first-order valence-corrected chi connectivity index (χ1v) is 10.3. The van der Waals surface area contributed by atoms with Crippen LogP contribution in [0.5, 0.6) is 0 Å². The number of nitrogens with zero attached hydrogens (tertiary/aromatic N) is 3. The molecule has 1 atom stereocenters. The van der Waals surface area contributed by atoms with Gasteiger partial charge in [0.05, 0.1) is 6.54 Å². The van der Waals surface area contributed by atoms with Gasteiger partial charge in [0.2, 0.25) is 5.91 Å². The van der Waals surface area contributed by atoms with Crippen molar-refractivity contribution in [3.8, 4) is 0 Å². The van der Waals surface area contributed by atoms with E-state index in [-0.39, 0.29) is 12.0 Å². The Kier molecular flexibility index (Phi) is 8.85. The van der Waals surface area contributed by atoms with E-state index in [4.69, 9.17) is 0 Å². The quantitative estimate of drug-likeness (QED) is 0.387. The monoisotopic (exact) mass is 405 g/mol. The van der Waals surface area contributed by atoms with Crippen LogP contribution in [0.3, 0.4) is 0 Å². The Bertz CT molecular complexity index is 520. The fourth-order valence-corrected chi connectivity index (χ4v) is 4.01. The maximum atomic E-state index is 12.6. The van der Waals surface area contributed by atoms with Crippen LogP contribution < -0.4 is 10.6 Å². The maximum Gasteiger partial charge on any atom is 0.401 e. The molecule has 1 heterocycles. The van der Waals surface area contributed by atoms with Crippen molar-refractivity contribution in [2.75, 3.05) is 46.8 Å². The van der Waals surface area contributed by atoms with Crippen molar-refractivity contribution in [1.29, 1.82) is 0 Å². The smallest absolute Gasteiger partial charge is 0.356 e. The third-order valence-electron chi connectivity index (χ3n) is 5.48. The highest BCUT2D eigenvalue weighted by molar-refractivity contribution is 5.81. The summed E-state index contributed by atoms with van der Waals surface area (Å²) in [6, 6.07) is 0.159. The van der Waals surface area contributed by atoms with E-state index in [1.54, 1.807) is 7.05 Å². The first kappa shape index (κ1) is 22.8. The second-order valence-corrected chi connectivity index (χ2v) is 7.95. The van der Waals surface area contributed by atoms with Gasteiger partial charge in [-0.2, -0.15) is 13.2 Å². The van der Waals surface area contributed by atoms with Crippen LogP contribution in [0, 0.1) is 5.92 Å². The molecule has 28 heavy (non-hydrogen) atoms. The fraction of sp³-hybridized carbons (Fsp3) is 0.895. The number of guanidine groups is 1. The minimum atomic E-state index is -4.16. The summed E-state index contributed by atoms with van der Waals surface area (Å²) in [5.74, 6) is 1.12. The van der Waals surface area contributed by atoms with Crippen LogP contribution in [0.1, 0.15) is 44.9 Å². The Morgan fingerprint density at radius 1 is 1.21 bits per heavy atom. The molecule has 0 aromatic carbocycles. The van der Waals surface area contributed by atoms with Crippen molar-refractivity contribution < 1.29 is 18.0 Å². The molecule has 0 aromatic heterocycles. The molecule has 0 aromatic rings. The number of nitrogens with one attached hydrogen (secondary N) is 2. The van der Waals surface area contributed by atoms with Gasteiger partial charge in [-0.3, -0.25) is 14.7 Å². The van der Waals surface area contributed by atoms with Gasteiger partial charge in [0.15, 0.2) is 5.96 Å². The van der Waals surface area contributed by atoms with E-state index in [2.05, 4.69) is 15.6 Å². The van der Waals surface area contributed by atoms with Gasteiger partial charge in [-0.25, -0.2) is 0 Å². The molecule has 2 aliphatic rings. The standard InChI is InChI=1S/C19H34F3N5O/c1-23-18(24-10-6-11-26(2)14-19(20,21)22)25-16-9-12-27(13-16)17(28)15-7-4-3-5-8-15/h15-16H,3-14H2,1-2H3,(H2,23,24,25). The van der Waals surface area contributed by atoms with Crippen LogP contribution in [0.4, 0.5) is 13.2 Å². The minimum Gasteiger partial charge on any atom is -0.356 e. The second-order valence-electron chi connectivity index (χ2n) is 7.95. The number of likely N-dealkylation sites (tertiary alicyclic amines) is 1. The van der Waals surface area contributed by atoms with E-state index in [0.717, 1.165) is 38.6 Å². The Morgan fingerprint density at radius 3 is 2.57 bits per heavy atom. The molecular formula is C19H34F3N5O. The molecule has 6 nitrogen and oxygen atoms in total. The lowest BCUT2D eigenvalue weighted by molar-refractivity contribution is -0.143. The van der Waals surface area contributed by atoms with Crippen molar-refractivity contribution in [3.05, 3.63) is 0 Å². The zero-order valence-electron chi connectivity index (χ0n) is 17.0. The van der Waals surface area contributed by atoms with Crippen LogP contribution in [0.2, 0.25) is 0 Å². The summed E-state index contributed by atoms with van der Waals surface area (Å²) in [7, 11) is 3.14. The number of alkyl halides is 3. The molecule has 2 N–H and O–H groups in total. The Morgan fingerprint density at radius 2 is 1.93 bits per heavy atom. The number of aliphatic imine (C=N–C) groups is 1. The van der Waals surface area contributed by atoms with Gasteiger partial charge >= 0.3 is 6.18 Å². The SMILES string of the molecule is CN=C(NCCCN(C)CC(F)(F)F)NC1CCN(C(=O)C2CCCCC2)C1. The topological polar surface area (TPSA) is 60.0 Å². The number of carbonyl (C=O) groups excluding carboxylic acids is 1. The molecule has 2 fully saturated rings. The van der Waals surface area contributed by atoms with Crippen LogP contribution in [-0.2, 0) is 4.79 Å². The average Bonchev–Trinajstić information content (AvgIpc) is 3.11. The number of halogens is 3. The molecule has 1 aliphatic carbocycles. The number of amides is 1. The molecule has 1 aliphatic heterocycles. The Labute approximate surface area is 165 Å². The van der Waals surface area contributed by atoms with Crippen molar-refractivity contribution in [2.24, 2.45) is 10.9 Å². The first-order chi connectivity index (χ1) is 13.3. The third kappa shape index (κ3) is 7.85. The summed E-state index contributed by atoms with van der Waals surface area (Å²) in [5, 5.41) is 6.48. The summed E-state index contributed by atoms with van der Waals surface area (Å²) in [5.41, 5.74) is 0. The average molecular weight is 406 g/mol. The zero-order chi connectivity index (χ0) is 20.6. The molecule has 0 radical (unpaired) electrons. The third-order valence-corrected chi connectivity index (χ3v) is 5.48. The van der Waals surface area contributed by atoms with Gasteiger partial charge in [-0.15, -0.1) is 0 Å². The molecule has 162 valence electrons. The van der Waals surface area contributed by atoms with Crippen LogP contribution in [0.25, 0.3) is 0 Å². The highest BCUT2D eigenvalue weighted by Crippen LogP contribution is 2.26. The number of rotatable bonds is 7. The van der Waals surface area contributed by atoms with Crippen LogP contribution >= 0.6 is 0 Å². The van der Waals surface area contributed by atoms with Crippen molar-refractivity contribution >= 4 is 11.9 Å². The van der Waals surface area contributed by atoms with Gasteiger partial charge in [0.1, 0.15) is 0 Å². The highest BCUT2D eigenvalue weighted by atomic mass is 19.4. The van der Waals surface area contributed by atoms with Crippen LogP contribution in [-0.4, -0.2) is 80.7 Å². The fourth-order valence-electron chi connectivity index (χ4n) is 4.01. The zero-order valence-corrected chi connectivity index (χ0v) is 17.0.